The molecule has 1 unspecified atom stereocenters. The second-order valence-corrected chi connectivity index (χ2v) is 5.68. The molecule has 2 nitrogen and oxygen atoms in total. The largest absolute Gasteiger partial charge is 0.489 e. The first kappa shape index (κ1) is 14.4. The molecule has 0 aliphatic rings. The third-order valence-electron chi connectivity index (χ3n) is 2.78. The minimum atomic E-state index is -0.000287. The molecule has 2 N–H and O–H groups in total. The number of ether oxygens (including phenoxy) is 1. The highest BCUT2D eigenvalue weighted by atomic mass is 79.9. The molecule has 4 heteroatoms. The second-order valence-electron chi connectivity index (χ2n) is 4.39. The summed E-state index contributed by atoms with van der Waals surface area (Å²) >= 11 is 9.34. The third-order valence-corrected chi connectivity index (χ3v) is 3.72. The van der Waals surface area contributed by atoms with Crippen molar-refractivity contribution in [3.05, 3.63) is 63.1 Å². The number of hydrogen-bond acceptors (Lipinski definition) is 2. The molecule has 0 fully saturated rings. The normalized spacial score (nSPS) is 12.2. The molecule has 0 saturated carbocycles. The zero-order valence-corrected chi connectivity index (χ0v) is 12.9. The van der Waals surface area contributed by atoms with Gasteiger partial charge in [0.2, 0.25) is 0 Å². The van der Waals surface area contributed by atoms with Crippen molar-refractivity contribution in [3.63, 3.8) is 0 Å². The molecular formula is C15H15BrClNO. The quantitative estimate of drug-likeness (QED) is 0.875. The zero-order valence-electron chi connectivity index (χ0n) is 10.6. The Morgan fingerprint density at radius 1 is 1.21 bits per heavy atom. The molecule has 2 rings (SSSR count). The third kappa shape index (κ3) is 3.96. The van der Waals surface area contributed by atoms with Crippen molar-refractivity contribution < 1.29 is 4.74 Å². The Morgan fingerprint density at radius 2 is 1.89 bits per heavy atom. The van der Waals surface area contributed by atoms with Gasteiger partial charge in [-0.2, -0.15) is 0 Å². The summed E-state index contributed by atoms with van der Waals surface area (Å²) < 4.78 is 6.70. The van der Waals surface area contributed by atoms with Crippen molar-refractivity contribution in [2.45, 2.75) is 19.6 Å². The van der Waals surface area contributed by atoms with Crippen molar-refractivity contribution in [2.24, 2.45) is 5.73 Å². The summed E-state index contributed by atoms with van der Waals surface area (Å²) in [5, 5.41) is 0.729. The fraction of sp³-hybridized carbons (Fsp3) is 0.200. The molecule has 0 aromatic heterocycles. The Morgan fingerprint density at radius 3 is 2.47 bits per heavy atom. The van der Waals surface area contributed by atoms with E-state index < -0.39 is 0 Å². The maximum Gasteiger partial charge on any atom is 0.120 e. The predicted molar refractivity (Wildman–Crippen MR) is 82.5 cm³/mol. The summed E-state index contributed by atoms with van der Waals surface area (Å²) in [4.78, 5) is 0. The van der Waals surface area contributed by atoms with Crippen LogP contribution in [0.3, 0.4) is 0 Å². The van der Waals surface area contributed by atoms with E-state index in [0.717, 1.165) is 26.4 Å². The summed E-state index contributed by atoms with van der Waals surface area (Å²) in [7, 11) is 0. The highest BCUT2D eigenvalue weighted by Gasteiger charge is 2.06. The van der Waals surface area contributed by atoms with Crippen molar-refractivity contribution >= 4 is 27.5 Å². The van der Waals surface area contributed by atoms with Crippen LogP contribution in [0.25, 0.3) is 0 Å². The van der Waals surface area contributed by atoms with E-state index in [0.29, 0.717) is 6.61 Å². The van der Waals surface area contributed by atoms with Gasteiger partial charge in [-0.25, -0.2) is 0 Å². The predicted octanol–water partition coefficient (Wildman–Crippen LogP) is 4.70. The van der Waals surface area contributed by atoms with Crippen LogP contribution in [-0.4, -0.2) is 0 Å². The summed E-state index contributed by atoms with van der Waals surface area (Å²) in [6.45, 7) is 2.47. The standard InChI is InChI=1S/C15H15BrClNO/c1-10(18)14-7-6-13(8-15(14)16)19-9-11-2-4-12(17)5-3-11/h2-8,10H,9,18H2,1H3. The Bertz CT molecular complexity index is 555. The number of benzene rings is 2. The van der Waals surface area contributed by atoms with Crippen molar-refractivity contribution in [2.75, 3.05) is 0 Å². The molecule has 100 valence electrons. The average Bonchev–Trinajstić information content (AvgIpc) is 2.37. The van der Waals surface area contributed by atoms with Gasteiger partial charge in [-0.1, -0.05) is 45.7 Å². The lowest BCUT2D eigenvalue weighted by Crippen LogP contribution is -2.05. The first-order chi connectivity index (χ1) is 9.06. The van der Waals surface area contributed by atoms with E-state index in [1.54, 1.807) is 0 Å². The van der Waals surface area contributed by atoms with Crippen LogP contribution in [-0.2, 0) is 6.61 Å². The Hall–Kier alpha value is -1.03. The smallest absolute Gasteiger partial charge is 0.120 e. The van der Waals surface area contributed by atoms with Gasteiger partial charge in [0, 0.05) is 15.5 Å². The van der Waals surface area contributed by atoms with Crippen LogP contribution >= 0.6 is 27.5 Å². The average molecular weight is 341 g/mol. The molecule has 0 aliphatic carbocycles. The number of nitrogens with two attached hydrogens (primary N) is 1. The topological polar surface area (TPSA) is 35.2 Å². The van der Waals surface area contributed by atoms with Crippen LogP contribution in [0, 0.1) is 0 Å². The van der Waals surface area contributed by atoms with Crippen LogP contribution in [0.4, 0.5) is 0 Å². The molecule has 0 bridgehead atoms. The highest BCUT2D eigenvalue weighted by Crippen LogP contribution is 2.27. The lowest BCUT2D eigenvalue weighted by Gasteiger charge is -2.11. The van der Waals surface area contributed by atoms with Crippen molar-refractivity contribution in [1.82, 2.24) is 0 Å². The van der Waals surface area contributed by atoms with Gasteiger partial charge < -0.3 is 10.5 Å². The maximum absolute atomic E-state index is 5.86. The number of halogens is 2. The van der Waals surface area contributed by atoms with E-state index in [9.17, 15) is 0 Å². The van der Waals surface area contributed by atoms with E-state index in [4.69, 9.17) is 22.1 Å². The maximum atomic E-state index is 5.86. The summed E-state index contributed by atoms with van der Waals surface area (Å²) in [6.07, 6.45) is 0. The van der Waals surface area contributed by atoms with Crippen LogP contribution in [0.1, 0.15) is 24.1 Å². The van der Waals surface area contributed by atoms with Gasteiger partial charge in [0.15, 0.2) is 0 Å². The second kappa shape index (κ2) is 6.42. The van der Waals surface area contributed by atoms with Crippen molar-refractivity contribution in [1.29, 1.82) is 0 Å². The minimum Gasteiger partial charge on any atom is -0.489 e. The SMILES string of the molecule is CC(N)c1ccc(OCc2ccc(Cl)cc2)cc1Br. The minimum absolute atomic E-state index is 0.000287. The van der Waals surface area contributed by atoms with Crippen LogP contribution in [0.15, 0.2) is 46.9 Å². The van der Waals surface area contributed by atoms with Crippen molar-refractivity contribution in [3.8, 4) is 5.75 Å². The van der Waals surface area contributed by atoms with E-state index in [2.05, 4.69) is 15.9 Å². The number of hydrogen-bond donors (Lipinski definition) is 1. The fourth-order valence-corrected chi connectivity index (χ4v) is 2.56. The van der Waals surface area contributed by atoms with Crippen LogP contribution < -0.4 is 10.5 Å². The van der Waals surface area contributed by atoms with E-state index in [1.165, 1.54) is 0 Å². The van der Waals surface area contributed by atoms with Gasteiger partial charge >= 0.3 is 0 Å². The van der Waals surface area contributed by atoms with E-state index in [-0.39, 0.29) is 6.04 Å². The molecule has 0 saturated heterocycles. The molecule has 0 radical (unpaired) electrons. The fourth-order valence-electron chi connectivity index (χ4n) is 1.71. The molecule has 2 aromatic carbocycles. The van der Waals surface area contributed by atoms with Gasteiger partial charge in [-0.05, 0) is 42.3 Å². The Balaban J connectivity index is 2.04. The lowest BCUT2D eigenvalue weighted by molar-refractivity contribution is 0.306. The molecule has 19 heavy (non-hydrogen) atoms. The molecular weight excluding hydrogens is 326 g/mol. The molecule has 1 atom stereocenters. The molecule has 0 amide bonds. The van der Waals surface area contributed by atoms with Crippen LogP contribution in [0.5, 0.6) is 5.75 Å². The molecule has 0 heterocycles. The summed E-state index contributed by atoms with van der Waals surface area (Å²) in [6, 6.07) is 13.5. The summed E-state index contributed by atoms with van der Waals surface area (Å²) in [5.41, 5.74) is 8.01. The number of rotatable bonds is 4. The Kier molecular flexibility index (Phi) is 4.86. The van der Waals surface area contributed by atoms with E-state index >= 15 is 0 Å². The van der Waals surface area contributed by atoms with E-state index in [1.807, 2.05) is 49.4 Å². The van der Waals surface area contributed by atoms with Gasteiger partial charge in [0.1, 0.15) is 12.4 Å². The Labute approximate surface area is 126 Å². The zero-order chi connectivity index (χ0) is 13.8. The first-order valence-corrected chi connectivity index (χ1v) is 7.15. The molecule has 0 spiro atoms. The van der Waals surface area contributed by atoms with Gasteiger partial charge in [-0.15, -0.1) is 0 Å². The van der Waals surface area contributed by atoms with Crippen LogP contribution in [0.2, 0.25) is 5.02 Å². The monoisotopic (exact) mass is 339 g/mol. The molecule has 2 aromatic rings. The highest BCUT2D eigenvalue weighted by molar-refractivity contribution is 9.10. The van der Waals surface area contributed by atoms with Gasteiger partial charge in [0.25, 0.3) is 0 Å². The summed E-state index contributed by atoms with van der Waals surface area (Å²) in [5.74, 6) is 0.811. The lowest BCUT2D eigenvalue weighted by atomic mass is 10.1. The first-order valence-electron chi connectivity index (χ1n) is 5.98. The molecule has 0 aliphatic heterocycles. The van der Waals surface area contributed by atoms with Gasteiger partial charge in [0.05, 0.1) is 0 Å². The van der Waals surface area contributed by atoms with Gasteiger partial charge in [-0.3, -0.25) is 0 Å².